The van der Waals surface area contributed by atoms with Crippen molar-refractivity contribution >= 4 is 11.9 Å². The van der Waals surface area contributed by atoms with Gasteiger partial charge in [0.15, 0.2) is 11.5 Å². The maximum atomic E-state index is 12.9. The Balaban J connectivity index is 2.04. The number of esters is 1. The van der Waals surface area contributed by atoms with E-state index in [0.29, 0.717) is 41.9 Å². The number of tetrazole rings is 1. The molecule has 1 unspecified atom stereocenters. The number of fused-ring (bicyclic) bond motifs is 1. The first-order chi connectivity index (χ1) is 13.6. The van der Waals surface area contributed by atoms with Crippen LogP contribution in [0.2, 0.25) is 0 Å². The molecule has 3 rings (SSSR count). The molecule has 0 amide bonds. The van der Waals surface area contributed by atoms with Crippen LogP contribution in [0.4, 0.5) is 5.95 Å². The van der Waals surface area contributed by atoms with Gasteiger partial charge in [-0.15, -0.1) is 0 Å². The highest BCUT2D eigenvalue weighted by molar-refractivity contribution is 5.92. The minimum absolute atomic E-state index is 0.369. The number of nitrogens with one attached hydrogen (secondary N) is 1. The van der Waals surface area contributed by atoms with Crippen LogP contribution in [0.15, 0.2) is 29.5 Å². The Morgan fingerprint density at radius 1 is 1.29 bits per heavy atom. The van der Waals surface area contributed by atoms with Gasteiger partial charge in [-0.25, -0.2) is 4.79 Å². The molecule has 0 radical (unpaired) electrons. The number of methoxy groups -OCH3 is 1. The number of aromatic nitrogens is 4. The smallest absolute Gasteiger partial charge is 0.338 e. The second-order valence-corrected chi connectivity index (χ2v) is 6.35. The third kappa shape index (κ3) is 3.78. The molecule has 2 heterocycles. The van der Waals surface area contributed by atoms with Crippen LogP contribution in [0.1, 0.15) is 45.2 Å². The Hall–Kier alpha value is -3.10. The maximum Gasteiger partial charge on any atom is 0.338 e. The number of unbranched alkanes of at least 4 members (excludes halogenated alkanes) is 1. The molecule has 28 heavy (non-hydrogen) atoms. The monoisotopic (exact) mass is 387 g/mol. The number of rotatable bonds is 8. The highest BCUT2D eigenvalue weighted by atomic mass is 16.5. The van der Waals surface area contributed by atoms with Crippen LogP contribution >= 0.6 is 0 Å². The Labute approximate surface area is 163 Å². The molecule has 1 aromatic carbocycles. The van der Waals surface area contributed by atoms with E-state index in [2.05, 4.69) is 20.8 Å². The standard InChI is InChI=1S/C19H25N5O4/c1-5-7-10-28-18(25)16-12(3)20-19-21-22-23-24(19)17(16)13-8-9-14(26-4)15(11-13)27-6-2/h8-9,11,17H,5-7,10H2,1-4H3,(H,20,21,23). The van der Waals surface area contributed by atoms with E-state index in [9.17, 15) is 4.79 Å². The highest BCUT2D eigenvalue weighted by Gasteiger charge is 2.35. The maximum absolute atomic E-state index is 12.9. The summed E-state index contributed by atoms with van der Waals surface area (Å²) in [5, 5.41) is 14.9. The fourth-order valence-corrected chi connectivity index (χ4v) is 3.10. The molecule has 1 N–H and O–H groups in total. The summed E-state index contributed by atoms with van der Waals surface area (Å²) in [5.41, 5.74) is 1.91. The van der Waals surface area contributed by atoms with Crippen LogP contribution in [0.5, 0.6) is 11.5 Å². The van der Waals surface area contributed by atoms with E-state index in [4.69, 9.17) is 14.2 Å². The van der Waals surface area contributed by atoms with Crippen molar-refractivity contribution in [3.05, 3.63) is 35.0 Å². The zero-order chi connectivity index (χ0) is 20.1. The van der Waals surface area contributed by atoms with E-state index in [0.717, 1.165) is 18.4 Å². The van der Waals surface area contributed by atoms with Crippen molar-refractivity contribution < 1.29 is 19.0 Å². The second kappa shape index (κ2) is 8.73. The molecule has 150 valence electrons. The lowest BCUT2D eigenvalue weighted by Crippen LogP contribution is -2.30. The van der Waals surface area contributed by atoms with Gasteiger partial charge >= 0.3 is 5.97 Å². The number of hydrogen-bond acceptors (Lipinski definition) is 8. The molecule has 2 aromatic rings. The normalized spacial score (nSPS) is 15.6. The molecule has 1 aliphatic heterocycles. The van der Waals surface area contributed by atoms with Crippen molar-refractivity contribution in [1.29, 1.82) is 0 Å². The van der Waals surface area contributed by atoms with Gasteiger partial charge in [0.1, 0.15) is 6.04 Å². The van der Waals surface area contributed by atoms with Crippen LogP contribution < -0.4 is 14.8 Å². The van der Waals surface area contributed by atoms with E-state index in [-0.39, 0.29) is 0 Å². The van der Waals surface area contributed by atoms with Crippen LogP contribution in [0.25, 0.3) is 0 Å². The minimum Gasteiger partial charge on any atom is -0.493 e. The lowest BCUT2D eigenvalue weighted by atomic mass is 9.95. The fourth-order valence-electron chi connectivity index (χ4n) is 3.10. The summed E-state index contributed by atoms with van der Waals surface area (Å²) < 4.78 is 18.1. The molecule has 1 aliphatic rings. The summed E-state index contributed by atoms with van der Waals surface area (Å²) in [6.45, 7) is 6.62. The molecule has 0 aliphatic carbocycles. The van der Waals surface area contributed by atoms with Gasteiger partial charge < -0.3 is 19.5 Å². The quantitative estimate of drug-likeness (QED) is 0.545. The van der Waals surface area contributed by atoms with Crippen molar-refractivity contribution in [3.63, 3.8) is 0 Å². The number of anilines is 1. The Bertz CT molecular complexity index is 877. The van der Waals surface area contributed by atoms with Gasteiger partial charge in [-0.2, -0.15) is 4.68 Å². The predicted molar refractivity (Wildman–Crippen MR) is 102 cm³/mol. The van der Waals surface area contributed by atoms with Gasteiger partial charge in [-0.3, -0.25) is 0 Å². The summed E-state index contributed by atoms with van der Waals surface area (Å²) in [4.78, 5) is 12.9. The Morgan fingerprint density at radius 2 is 2.11 bits per heavy atom. The van der Waals surface area contributed by atoms with Crippen LogP contribution in [0, 0.1) is 0 Å². The van der Waals surface area contributed by atoms with Gasteiger partial charge in [-0.05, 0) is 48.4 Å². The van der Waals surface area contributed by atoms with Gasteiger partial charge in [0.05, 0.1) is 25.9 Å². The van der Waals surface area contributed by atoms with E-state index in [1.54, 1.807) is 11.8 Å². The van der Waals surface area contributed by atoms with E-state index < -0.39 is 12.0 Å². The third-order valence-corrected chi connectivity index (χ3v) is 4.47. The zero-order valence-electron chi connectivity index (χ0n) is 16.6. The van der Waals surface area contributed by atoms with Gasteiger partial charge in [0.25, 0.3) is 0 Å². The van der Waals surface area contributed by atoms with Crippen molar-refractivity contribution in [3.8, 4) is 11.5 Å². The molecule has 9 nitrogen and oxygen atoms in total. The molecule has 0 saturated carbocycles. The molecular weight excluding hydrogens is 362 g/mol. The summed E-state index contributed by atoms with van der Waals surface area (Å²) >= 11 is 0. The molecule has 0 bridgehead atoms. The van der Waals surface area contributed by atoms with E-state index in [1.165, 1.54) is 0 Å². The first-order valence-electron chi connectivity index (χ1n) is 9.34. The zero-order valence-corrected chi connectivity index (χ0v) is 16.6. The number of carbonyl (C=O) groups is 1. The van der Waals surface area contributed by atoms with Crippen molar-refractivity contribution in [2.24, 2.45) is 0 Å². The lowest BCUT2D eigenvalue weighted by molar-refractivity contribution is -0.139. The summed E-state index contributed by atoms with van der Waals surface area (Å²) in [6, 6.07) is 4.98. The first kappa shape index (κ1) is 19.7. The number of nitrogens with zero attached hydrogens (tertiary/aromatic N) is 4. The predicted octanol–water partition coefficient (Wildman–Crippen LogP) is 2.71. The van der Waals surface area contributed by atoms with Crippen LogP contribution in [-0.4, -0.2) is 46.5 Å². The topological polar surface area (TPSA) is 100 Å². The largest absolute Gasteiger partial charge is 0.493 e. The van der Waals surface area contributed by atoms with Crippen LogP contribution in [0.3, 0.4) is 0 Å². The first-order valence-corrected chi connectivity index (χ1v) is 9.34. The molecule has 0 fully saturated rings. The molecule has 9 heteroatoms. The highest BCUT2D eigenvalue weighted by Crippen LogP contribution is 2.38. The van der Waals surface area contributed by atoms with Gasteiger partial charge in [-0.1, -0.05) is 24.5 Å². The number of ether oxygens (including phenoxy) is 3. The second-order valence-electron chi connectivity index (χ2n) is 6.35. The fraction of sp³-hybridized carbons (Fsp3) is 0.474. The Morgan fingerprint density at radius 3 is 2.82 bits per heavy atom. The SMILES string of the molecule is CCCCOC(=O)C1=C(C)Nc2nnnn2C1c1ccc(OC)c(OCC)c1. The average molecular weight is 387 g/mol. The van der Waals surface area contributed by atoms with Crippen LogP contribution in [-0.2, 0) is 9.53 Å². The molecule has 0 spiro atoms. The average Bonchev–Trinajstić information content (AvgIpc) is 3.15. The van der Waals surface area contributed by atoms with E-state index in [1.807, 2.05) is 39.0 Å². The third-order valence-electron chi connectivity index (χ3n) is 4.47. The molecular formula is C19H25N5O4. The number of hydrogen-bond donors (Lipinski definition) is 1. The summed E-state index contributed by atoms with van der Waals surface area (Å²) in [5.74, 6) is 1.27. The number of allylic oxidation sites excluding steroid dienone is 1. The van der Waals surface area contributed by atoms with Crippen molar-refractivity contribution in [1.82, 2.24) is 20.2 Å². The summed E-state index contributed by atoms with van der Waals surface area (Å²) in [7, 11) is 1.59. The molecule has 0 saturated heterocycles. The minimum atomic E-state index is -0.537. The summed E-state index contributed by atoms with van der Waals surface area (Å²) in [6.07, 6.45) is 1.75. The lowest BCUT2D eigenvalue weighted by Gasteiger charge is -2.27. The molecule has 1 aromatic heterocycles. The van der Waals surface area contributed by atoms with Gasteiger partial charge in [0.2, 0.25) is 5.95 Å². The molecule has 1 atom stereocenters. The van der Waals surface area contributed by atoms with Gasteiger partial charge in [0, 0.05) is 5.70 Å². The van der Waals surface area contributed by atoms with Crippen molar-refractivity contribution in [2.45, 2.75) is 39.7 Å². The van der Waals surface area contributed by atoms with E-state index >= 15 is 0 Å². The Kier molecular flexibility index (Phi) is 6.13. The van der Waals surface area contributed by atoms with Crippen molar-refractivity contribution in [2.75, 3.05) is 25.6 Å². The number of carbonyl (C=O) groups excluding carboxylic acids is 1. The number of benzene rings is 1.